The van der Waals surface area contributed by atoms with Crippen LogP contribution in [0.5, 0.6) is 5.75 Å². The van der Waals surface area contributed by atoms with Crippen LogP contribution in [0.1, 0.15) is 11.1 Å². The molecule has 4 aromatic carbocycles. The summed E-state index contributed by atoms with van der Waals surface area (Å²) < 4.78 is 33.8. The molecule has 5 rings (SSSR count). The van der Waals surface area contributed by atoms with E-state index in [-0.39, 0.29) is 17.3 Å². The summed E-state index contributed by atoms with van der Waals surface area (Å²) in [6.07, 6.45) is 0.294. The van der Waals surface area contributed by atoms with E-state index in [1.165, 1.54) is 23.5 Å². The molecule has 1 aliphatic rings. The van der Waals surface area contributed by atoms with Crippen LogP contribution >= 0.6 is 0 Å². The fraction of sp³-hybridized carbons (Fsp3) is 0.148. The summed E-state index contributed by atoms with van der Waals surface area (Å²) in [7, 11) is -2.42. The molecule has 1 N–H and O–H groups in total. The van der Waals surface area contributed by atoms with Crippen molar-refractivity contribution in [2.24, 2.45) is 0 Å². The van der Waals surface area contributed by atoms with Gasteiger partial charge in [-0.3, -0.25) is 4.79 Å². The van der Waals surface area contributed by atoms with Crippen molar-refractivity contribution in [1.82, 2.24) is 4.31 Å². The van der Waals surface area contributed by atoms with Gasteiger partial charge in [0.1, 0.15) is 11.8 Å². The minimum atomic E-state index is -3.94. The maximum atomic E-state index is 13.7. The molecule has 0 radical (unpaired) electrons. The highest BCUT2D eigenvalue weighted by Crippen LogP contribution is 2.31. The number of fused-ring (bicyclic) bond motifs is 2. The summed E-state index contributed by atoms with van der Waals surface area (Å²) in [6.45, 7) is 0.123. The Kier molecular flexibility index (Phi) is 5.81. The van der Waals surface area contributed by atoms with E-state index in [9.17, 15) is 13.2 Å². The largest absolute Gasteiger partial charge is 0.497 e. The first-order valence-corrected chi connectivity index (χ1v) is 12.4. The molecule has 0 bridgehead atoms. The van der Waals surface area contributed by atoms with E-state index in [2.05, 4.69) is 5.32 Å². The molecule has 34 heavy (non-hydrogen) atoms. The monoisotopic (exact) mass is 472 g/mol. The number of amides is 1. The SMILES string of the molecule is COc1ccc(S(=O)(=O)N2Cc3ccccc3C[C@@H]2C(=O)Nc2cccc3ccccc23)cc1. The van der Waals surface area contributed by atoms with Gasteiger partial charge in [0, 0.05) is 17.6 Å². The Labute approximate surface area is 198 Å². The molecule has 4 aromatic rings. The molecule has 0 aromatic heterocycles. The molecule has 1 atom stereocenters. The number of sulfonamides is 1. The number of hydrogen-bond acceptors (Lipinski definition) is 4. The summed E-state index contributed by atoms with van der Waals surface area (Å²) in [5.74, 6) is 0.205. The van der Waals surface area contributed by atoms with Gasteiger partial charge in [-0.1, -0.05) is 60.7 Å². The molecule has 0 aliphatic carbocycles. The van der Waals surface area contributed by atoms with E-state index in [0.717, 1.165) is 21.9 Å². The van der Waals surface area contributed by atoms with Crippen LogP contribution in [-0.4, -0.2) is 31.8 Å². The highest BCUT2D eigenvalue weighted by atomic mass is 32.2. The summed E-state index contributed by atoms with van der Waals surface area (Å²) in [4.78, 5) is 13.7. The van der Waals surface area contributed by atoms with E-state index < -0.39 is 16.1 Å². The molecule has 1 heterocycles. The standard InChI is InChI=1S/C27H24N2O4S/c1-33-22-13-15-23(16-14-22)34(31,32)29-18-21-9-3-2-8-20(21)17-26(29)27(30)28-25-12-6-10-19-7-4-5-11-24(19)25/h2-16,26H,17-18H2,1H3,(H,28,30)/t26-/m1/s1. The van der Waals surface area contributed by atoms with E-state index in [4.69, 9.17) is 4.74 Å². The number of benzene rings is 4. The van der Waals surface area contributed by atoms with Crippen LogP contribution < -0.4 is 10.1 Å². The van der Waals surface area contributed by atoms with Gasteiger partial charge in [0.25, 0.3) is 0 Å². The van der Waals surface area contributed by atoms with E-state index in [1.807, 2.05) is 66.7 Å². The van der Waals surface area contributed by atoms with Crippen molar-refractivity contribution < 1.29 is 17.9 Å². The van der Waals surface area contributed by atoms with Crippen molar-refractivity contribution in [3.63, 3.8) is 0 Å². The molecule has 0 spiro atoms. The minimum Gasteiger partial charge on any atom is -0.497 e. The van der Waals surface area contributed by atoms with Gasteiger partial charge in [-0.05, 0) is 53.3 Å². The van der Waals surface area contributed by atoms with Crippen LogP contribution in [0.3, 0.4) is 0 Å². The average molecular weight is 473 g/mol. The summed E-state index contributed by atoms with van der Waals surface area (Å²) >= 11 is 0. The summed E-state index contributed by atoms with van der Waals surface area (Å²) in [6, 6.07) is 26.4. The number of hydrogen-bond donors (Lipinski definition) is 1. The average Bonchev–Trinajstić information content (AvgIpc) is 2.88. The number of carbonyl (C=O) groups is 1. The van der Waals surface area contributed by atoms with Gasteiger partial charge < -0.3 is 10.1 Å². The lowest BCUT2D eigenvalue weighted by molar-refractivity contribution is -0.120. The lowest BCUT2D eigenvalue weighted by Crippen LogP contribution is -2.50. The van der Waals surface area contributed by atoms with Gasteiger partial charge in [-0.25, -0.2) is 8.42 Å². The Bertz CT molecular complexity index is 1460. The molecule has 1 aliphatic heterocycles. The molecular formula is C27H24N2O4S. The maximum Gasteiger partial charge on any atom is 0.244 e. The van der Waals surface area contributed by atoms with Crippen molar-refractivity contribution in [3.8, 4) is 5.75 Å². The fourth-order valence-electron chi connectivity index (χ4n) is 4.41. The van der Waals surface area contributed by atoms with Crippen molar-refractivity contribution in [3.05, 3.63) is 102 Å². The normalized spacial score (nSPS) is 16.1. The molecule has 1 amide bonds. The topological polar surface area (TPSA) is 75.7 Å². The zero-order chi connectivity index (χ0) is 23.7. The molecule has 172 valence electrons. The Morgan fingerprint density at radius 1 is 0.882 bits per heavy atom. The zero-order valence-electron chi connectivity index (χ0n) is 18.6. The zero-order valence-corrected chi connectivity index (χ0v) is 19.5. The number of methoxy groups -OCH3 is 1. The number of carbonyl (C=O) groups excluding carboxylic acids is 1. The number of anilines is 1. The predicted molar refractivity (Wildman–Crippen MR) is 132 cm³/mol. The van der Waals surface area contributed by atoms with Crippen LogP contribution in [0, 0.1) is 0 Å². The molecule has 0 saturated heterocycles. The maximum absolute atomic E-state index is 13.7. The third kappa shape index (κ3) is 4.04. The van der Waals surface area contributed by atoms with Gasteiger partial charge in [-0.2, -0.15) is 4.31 Å². The lowest BCUT2D eigenvalue weighted by Gasteiger charge is -2.35. The van der Waals surface area contributed by atoms with Crippen LogP contribution in [0.15, 0.2) is 95.9 Å². The Hall–Kier alpha value is -3.68. The second-order valence-electron chi connectivity index (χ2n) is 8.23. The number of ether oxygens (including phenoxy) is 1. The third-order valence-corrected chi connectivity index (χ3v) is 8.09. The molecule has 6 nitrogen and oxygen atoms in total. The first-order valence-electron chi connectivity index (χ1n) is 11.0. The molecule has 0 fully saturated rings. The van der Waals surface area contributed by atoms with Crippen LogP contribution in [0.25, 0.3) is 10.8 Å². The number of nitrogens with one attached hydrogen (secondary N) is 1. The van der Waals surface area contributed by atoms with Crippen molar-refractivity contribution >= 4 is 32.4 Å². The second kappa shape index (κ2) is 8.93. The molecular weight excluding hydrogens is 448 g/mol. The van der Waals surface area contributed by atoms with Crippen molar-refractivity contribution in [2.75, 3.05) is 12.4 Å². The molecule has 0 saturated carbocycles. The Morgan fingerprint density at radius 2 is 1.56 bits per heavy atom. The van der Waals surface area contributed by atoms with E-state index in [1.54, 1.807) is 12.1 Å². The van der Waals surface area contributed by atoms with Gasteiger partial charge in [-0.15, -0.1) is 0 Å². The first kappa shape index (κ1) is 22.1. The van der Waals surface area contributed by atoms with E-state index in [0.29, 0.717) is 17.9 Å². The number of rotatable bonds is 5. The smallest absolute Gasteiger partial charge is 0.244 e. The first-order chi connectivity index (χ1) is 16.5. The van der Waals surface area contributed by atoms with Crippen LogP contribution in [-0.2, 0) is 27.8 Å². The van der Waals surface area contributed by atoms with E-state index >= 15 is 0 Å². The van der Waals surface area contributed by atoms with Gasteiger partial charge >= 0.3 is 0 Å². The predicted octanol–water partition coefficient (Wildman–Crippen LogP) is 4.60. The molecule has 7 heteroatoms. The highest BCUT2D eigenvalue weighted by molar-refractivity contribution is 7.89. The fourth-order valence-corrected chi connectivity index (χ4v) is 5.97. The van der Waals surface area contributed by atoms with Crippen LogP contribution in [0.2, 0.25) is 0 Å². The second-order valence-corrected chi connectivity index (χ2v) is 10.1. The number of nitrogens with zero attached hydrogens (tertiary/aromatic N) is 1. The van der Waals surface area contributed by atoms with Crippen molar-refractivity contribution in [1.29, 1.82) is 0 Å². The quantitative estimate of drug-likeness (QED) is 0.461. The van der Waals surface area contributed by atoms with Gasteiger partial charge in [0.05, 0.1) is 12.0 Å². The molecule has 0 unspecified atom stereocenters. The minimum absolute atomic E-state index is 0.121. The Balaban J connectivity index is 1.53. The third-order valence-electron chi connectivity index (χ3n) is 6.22. The van der Waals surface area contributed by atoms with Gasteiger partial charge in [0.15, 0.2) is 0 Å². The summed E-state index contributed by atoms with van der Waals surface area (Å²) in [5, 5.41) is 4.89. The Morgan fingerprint density at radius 3 is 2.32 bits per heavy atom. The summed E-state index contributed by atoms with van der Waals surface area (Å²) in [5.41, 5.74) is 2.53. The van der Waals surface area contributed by atoms with Crippen molar-refractivity contribution in [2.45, 2.75) is 23.9 Å². The highest BCUT2D eigenvalue weighted by Gasteiger charge is 2.39. The van der Waals surface area contributed by atoms with Gasteiger partial charge in [0.2, 0.25) is 15.9 Å². The van der Waals surface area contributed by atoms with Crippen LogP contribution in [0.4, 0.5) is 5.69 Å². The lowest BCUT2D eigenvalue weighted by atomic mass is 9.95.